The maximum Gasteiger partial charge on any atom is 0.146 e. The van der Waals surface area contributed by atoms with Gasteiger partial charge in [-0.3, -0.25) is 4.90 Å². The van der Waals surface area contributed by atoms with Crippen LogP contribution in [0.4, 0.5) is 0 Å². The number of likely N-dealkylation sites (tertiary alicyclic amines) is 1. The van der Waals surface area contributed by atoms with Crippen LogP contribution in [-0.4, -0.2) is 62.2 Å². The highest BCUT2D eigenvalue weighted by atomic mass is 16.3. The molecular formula is C15H27N5O2. The van der Waals surface area contributed by atoms with Crippen molar-refractivity contribution in [2.45, 2.75) is 37.8 Å². The largest absolute Gasteiger partial charge is 0.396 e. The predicted molar refractivity (Wildman–Crippen MR) is 82.0 cm³/mol. The highest BCUT2D eigenvalue weighted by Crippen LogP contribution is 2.34. The fraction of sp³-hybridized carbons (Fsp3) is 0.867. The van der Waals surface area contributed by atoms with Crippen molar-refractivity contribution >= 4 is 0 Å². The van der Waals surface area contributed by atoms with Crippen molar-refractivity contribution in [1.82, 2.24) is 19.7 Å². The summed E-state index contributed by atoms with van der Waals surface area (Å²) in [4.78, 5) is 2.27. The summed E-state index contributed by atoms with van der Waals surface area (Å²) in [7, 11) is 2.02. The number of aromatic nitrogens is 3. The van der Waals surface area contributed by atoms with Crippen LogP contribution >= 0.6 is 0 Å². The zero-order valence-electron chi connectivity index (χ0n) is 13.2. The molecule has 1 saturated heterocycles. The number of hydrogen-bond donors (Lipinski definition) is 3. The van der Waals surface area contributed by atoms with Gasteiger partial charge in [-0.1, -0.05) is 0 Å². The normalized spacial score (nSPS) is 32.9. The van der Waals surface area contributed by atoms with E-state index < -0.39 is 0 Å². The van der Waals surface area contributed by atoms with E-state index in [9.17, 15) is 10.2 Å². The van der Waals surface area contributed by atoms with Crippen molar-refractivity contribution in [3.05, 3.63) is 11.6 Å². The molecule has 1 aromatic heterocycles. The minimum atomic E-state index is 0.178. The minimum Gasteiger partial charge on any atom is -0.396 e. The van der Waals surface area contributed by atoms with Gasteiger partial charge in [0.05, 0.1) is 6.54 Å². The summed E-state index contributed by atoms with van der Waals surface area (Å²) in [5, 5.41) is 27.6. The van der Waals surface area contributed by atoms with Gasteiger partial charge in [0.25, 0.3) is 0 Å². The topological polar surface area (TPSA) is 100 Å². The second-order valence-electron chi connectivity index (χ2n) is 6.99. The van der Waals surface area contributed by atoms with E-state index in [1.807, 2.05) is 7.05 Å². The molecule has 2 atom stereocenters. The molecular weight excluding hydrogens is 282 g/mol. The molecule has 3 rings (SSSR count). The van der Waals surface area contributed by atoms with Crippen LogP contribution in [-0.2, 0) is 13.6 Å². The fourth-order valence-electron chi connectivity index (χ4n) is 3.76. The first-order valence-corrected chi connectivity index (χ1v) is 8.18. The monoisotopic (exact) mass is 309 g/mol. The van der Waals surface area contributed by atoms with Crippen LogP contribution < -0.4 is 5.73 Å². The van der Waals surface area contributed by atoms with Gasteiger partial charge in [-0.15, -0.1) is 10.2 Å². The highest BCUT2D eigenvalue weighted by molar-refractivity contribution is 5.08. The molecule has 0 spiro atoms. The second-order valence-corrected chi connectivity index (χ2v) is 6.99. The lowest BCUT2D eigenvalue weighted by atomic mass is 9.80. The van der Waals surface area contributed by atoms with Gasteiger partial charge < -0.3 is 20.5 Å². The third-order valence-electron chi connectivity index (χ3n) is 5.12. The number of aliphatic hydroxyl groups excluding tert-OH is 2. The molecule has 1 aliphatic heterocycles. The van der Waals surface area contributed by atoms with Crippen molar-refractivity contribution < 1.29 is 10.2 Å². The Morgan fingerprint density at radius 1 is 1.09 bits per heavy atom. The minimum absolute atomic E-state index is 0.178. The maximum absolute atomic E-state index is 9.43. The lowest BCUT2D eigenvalue weighted by Gasteiger charge is -2.36. The van der Waals surface area contributed by atoms with E-state index in [0.717, 1.165) is 50.5 Å². The SMILES string of the molecule is Cn1c(CN2C[C@H](CO)C[C@H](CO)C2)nnc1C1CC(N)C1. The van der Waals surface area contributed by atoms with Crippen LogP contribution in [0.15, 0.2) is 0 Å². The van der Waals surface area contributed by atoms with Gasteiger partial charge in [-0.25, -0.2) is 0 Å². The molecule has 2 fully saturated rings. The van der Waals surface area contributed by atoms with Gasteiger partial charge in [0.2, 0.25) is 0 Å². The quantitative estimate of drug-likeness (QED) is 0.674. The molecule has 0 unspecified atom stereocenters. The van der Waals surface area contributed by atoms with Gasteiger partial charge in [0.15, 0.2) is 0 Å². The predicted octanol–water partition coefficient (Wildman–Crippen LogP) is -0.557. The number of hydrogen-bond acceptors (Lipinski definition) is 6. The molecule has 7 nitrogen and oxygen atoms in total. The number of piperidine rings is 1. The number of rotatable bonds is 5. The van der Waals surface area contributed by atoms with E-state index >= 15 is 0 Å². The van der Waals surface area contributed by atoms with Crippen LogP contribution in [0, 0.1) is 11.8 Å². The third-order valence-corrected chi connectivity index (χ3v) is 5.12. The fourth-order valence-corrected chi connectivity index (χ4v) is 3.76. The van der Waals surface area contributed by atoms with Gasteiger partial charge >= 0.3 is 0 Å². The Hall–Kier alpha value is -1.02. The summed E-state index contributed by atoms with van der Waals surface area (Å²) in [5.74, 6) is 2.90. The molecule has 0 radical (unpaired) electrons. The van der Waals surface area contributed by atoms with E-state index in [0.29, 0.717) is 12.0 Å². The summed E-state index contributed by atoms with van der Waals surface area (Å²) in [6, 6.07) is 0.308. The average Bonchev–Trinajstić information content (AvgIpc) is 2.84. The molecule has 0 bridgehead atoms. The zero-order valence-corrected chi connectivity index (χ0v) is 13.2. The maximum atomic E-state index is 9.43. The summed E-state index contributed by atoms with van der Waals surface area (Å²) in [5.41, 5.74) is 5.86. The Bertz CT molecular complexity index is 488. The van der Waals surface area contributed by atoms with E-state index in [-0.39, 0.29) is 25.0 Å². The van der Waals surface area contributed by atoms with Crippen molar-refractivity contribution in [3.63, 3.8) is 0 Å². The standard InChI is InChI=1S/C15H27N5O2/c1-19-14(17-18-15(19)12-3-13(16)4-12)7-20-5-10(8-21)2-11(6-20)9-22/h10-13,21-22H,2-9,16H2,1H3/t10-,11+,12?,13?. The van der Waals surface area contributed by atoms with Crippen LogP contribution in [0.3, 0.4) is 0 Å². The highest BCUT2D eigenvalue weighted by Gasteiger charge is 2.32. The molecule has 7 heteroatoms. The molecule has 1 aromatic rings. The first kappa shape index (κ1) is 15.9. The van der Waals surface area contributed by atoms with E-state index in [1.54, 1.807) is 0 Å². The van der Waals surface area contributed by atoms with E-state index in [4.69, 9.17) is 5.73 Å². The number of aliphatic hydroxyl groups is 2. The summed E-state index contributed by atoms with van der Waals surface area (Å²) in [6.07, 6.45) is 2.89. The average molecular weight is 309 g/mol. The summed E-state index contributed by atoms with van der Waals surface area (Å²) < 4.78 is 2.09. The lowest BCUT2D eigenvalue weighted by Crippen LogP contribution is -2.42. The Balaban J connectivity index is 1.65. The molecule has 0 amide bonds. The van der Waals surface area contributed by atoms with Gasteiger partial charge in [-0.2, -0.15) is 0 Å². The van der Waals surface area contributed by atoms with E-state index in [1.165, 1.54) is 0 Å². The second kappa shape index (κ2) is 6.62. The molecule has 1 aliphatic carbocycles. The molecule has 0 aromatic carbocycles. The van der Waals surface area contributed by atoms with Gasteiger partial charge in [0.1, 0.15) is 11.6 Å². The number of nitrogens with two attached hydrogens (primary N) is 1. The Kier molecular flexibility index (Phi) is 4.77. The van der Waals surface area contributed by atoms with Crippen LogP contribution in [0.25, 0.3) is 0 Å². The van der Waals surface area contributed by atoms with Crippen LogP contribution in [0.5, 0.6) is 0 Å². The van der Waals surface area contributed by atoms with Crippen LogP contribution in [0.2, 0.25) is 0 Å². The first-order valence-electron chi connectivity index (χ1n) is 8.18. The Labute approximate surface area is 131 Å². The summed E-state index contributed by atoms with van der Waals surface area (Å²) in [6.45, 7) is 2.77. The summed E-state index contributed by atoms with van der Waals surface area (Å²) >= 11 is 0. The molecule has 4 N–H and O–H groups in total. The van der Waals surface area contributed by atoms with Gasteiger partial charge in [-0.05, 0) is 31.1 Å². The lowest BCUT2D eigenvalue weighted by molar-refractivity contribution is 0.0520. The Morgan fingerprint density at radius 3 is 2.27 bits per heavy atom. The molecule has 1 saturated carbocycles. The van der Waals surface area contributed by atoms with Crippen molar-refractivity contribution in [3.8, 4) is 0 Å². The molecule has 22 heavy (non-hydrogen) atoms. The first-order chi connectivity index (χ1) is 10.6. The molecule has 2 heterocycles. The molecule has 124 valence electrons. The number of nitrogens with zero attached hydrogens (tertiary/aromatic N) is 4. The van der Waals surface area contributed by atoms with Crippen molar-refractivity contribution in [2.24, 2.45) is 24.6 Å². The smallest absolute Gasteiger partial charge is 0.146 e. The Morgan fingerprint density at radius 2 is 1.73 bits per heavy atom. The van der Waals surface area contributed by atoms with E-state index in [2.05, 4.69) is 19.7 Å². The van der Waals surface area contributed by atoms with Crippen LogP contribution in [0.1, 0.15) is 36.8 Å². The molecule has 2 aliphatic rings. The van der Waals surface area contributed by atoms with Crippen molar-refractivity contribution in [1.29, 1.82) is 0 Å². The third kappa shape index (κ3) is 3.17. The zero-order chi connectivity index (χ0) is 15.7. The van der Waals surface area contributed by atoms with Crippen molar-refractivity contribution in [2.75, 3.05) is 26.3 Å². The van der Waals surface area contributed by atoms with Gasteiger partial charge in [0, 0.05) is 45.3 Å².